The first-order valence-electron chi connectivity index (χ1n) is 6.20. The van der Waals surface area contributed by atoms with Gasteiger partial charge >= 0.3 is 5.97 Å². The van der Waals surface area contributed by atoms with Gasteiger partial charge in [-0.25, -0.2) is 0 Å². The lowest BCUT2D eigenvalue weighted by Crippen LogP contribution is -2.44. The van der Waals surface area contributed by atoms with Crippen LogP contribution in [0.5, 0.6) is 0 Å². The zero-order valence-electron chi connectivity index (χ0n) is 10.8. The van der Waals surface area contributed by atoms with Crippen molar-refractivity contribution in [2.75, 3.05) is 13.1 Å². The van der Waals surface area contributed by atoms with Crippen LogP contribution in [0.4, 0.5) is 0 Å². The number of likely N-dealkylation sites (tertiary alicyclic amines) is 1. The van der Waals surface area contributed by atoms with Gasteiger partial charge in [0.2, 0.25) is 11.8 Å². The number of hydrogen-bond acceptors (Lipinski definition) is 3. The van der Waals surface area contributed by atoms with Gasteiger partial charge in [-0.2, -0.15) is 0 Å². The predicted molar refractivity (Wildman–Crippen MR) is 64.8 cm³/mol. The number of carboxylic acids is 1. The molecule has 0 aromatic rings. The molecule has 6 nitrogen and oxygen atoms in total. The van der Waals surface area contributed by atoms with Gasteiger partial charge in [-0.3, -0.25) is 14.4 Å². The normalized spacial score (nSPS) is 20.1. The zero-order valence-corrected chi connectivity index (χ0v) is 10.8. The number of hydrogen-bond donors (Lipinski definition) is 2. The summed E-state index contributed by atoms with van der Waals surface area (Å²) in [6.07, 6.45) is 0.863. The largest absolute Gasteiger partial charge is 0.481 e. The lowest BCUT2D eigenvalue weighted by atomic mass is 9.97. The average Bonchev–Trinajstić information content (AvgIpc) is 2.26. The molecule has 0 saturated carbocycles. The highest BCUT2D eigenvalue weighted by Gasteiger charge is 2.29. The van der Waals surface area contributed by atoms with Crippen LogP contribution < -0.4 is 5.32 Å². The Balaban J connectivity index is 2.42. The van der Waals surface area contributed by atoms with Gasteiger partial charge in [-0.1, -0.05) is 0 Å². The van der Waals surface area contributed by atoms with E-state index in [1.165, 1.54) is 4.90 Å². The molecule has 1 rings (SSSR count). The van der Waals surface area contributed by atoms with Crippen LogP contribution in [-0.4, -0.2) is 46.9 Å². The molecule has 1 saturated heterocycles. The number of rotatable bonds is 5. The van der Waals surface area contributed by atoms with Crippen LogP contribution in [-0.2, 0) is 14.4 Å². The Hall–Kier alpha value is -1.59. The van der Waals surface area contributed by atoms with Crippen molar-refractivity contribution in [3.05, 3.63) is 0 Å². The summed E-state index contributed by atoms with van der Waals surface area (Å²) in [7, 11) is 0. The number of carbonyl (C=O) groups excluding carboxylic acids is 2. The Bertz CT molecular complexity index is 341. The summed E-state index contributed by atoms with van der Waals surface area (Å²) in [5, 5.41) is 11.7. The molecule has 18 heavy (non-hydrogen) atoms. The third-order valence-electron chi connectivity index (χ3n) is 2.91. The highest BCUT2D eigenvalue weighted by molar-refractivity contribution is 5.81. The second-order valence-corrected chi connectivity index (χ2v) is 4.89. The molecule has 1 atom stereocenters. The second kappa shape index (κ2) is 6.37. The van der Waals surface area contributed by atoms with Crippen LogP contribution in [0.25, 0.3) is 0 Å². The molecule has 1 aliphatic heterocycles. The van der Waals surface area contributed by atoms with Crippen molar-refractivity contribution in [2.45, 2.75) is 39.2 Å². The minimum absolute atomic E-state index is 0.0650. The second-order valence-electron chi connectivity index (χ2n) is 4.89. The standard InChI is InChI=1S/C12H20N2O4/c1-8(2)13-10(15)5-6-14-7-9(12(17)18)3-4-11(14)16/h8-9H,3-7H2,1-2H3,(H,13,15)(H,17,18). The molecule has 0 bridgehead atoms. The Morgan fingerprint density at radius 3 is 2.72 bits per heavy atom. The first-order chi connectivity index (χ1) is 8.40. The molecule has 1 heterocycles. The van der Waals surface area contributed by atoms with Gasteiger partial charge in [0.15, 0.2) is 0 Å². The summed E-state index contributed by atoms with van der Waals surface area (Å²) in [5.74, 6) is -1.56. The van der Waals surface area contributed by atoms with Crippen molar-refractivity contribution in [1.82, 2.24) is 10.2 Å². The van der Waals surface area contributed by atoms with Gasteiger partial charge in [0, 0.05) is 32.0 Å². The first-order valence-corrected chi connectivity index (χ1v) is 6.20. The number of carbonyl (C=O) groups is 3. The van der Waals surface area contributed by atoms with E-state index in [4.69, 9.17) is 5.11 Å². The van der Waals surface area contributed by atoms with Crippen molar-refractivity contribution in [2.24, 2.45) is 5.92 Å². The molecule has 6 heteroatoms. The van der Waals surface area contributed by atoms with E-state index in [1.807, 2.05) is 13.8 Å². The van der Waals surface area contributed by atoms with Crippen molar-refractivity contribution in [3.8, 4) is 0 Å². The maximum Gasteiger partial charge on any atom is 0.308 e. The molecule has 0 spiro atoms. The molecule has 1 fully saturated rings. The third kappa shape index (κ3) is 4.35. The Labute approximate surface area is 106 Å². The SMILES string of the molecule is CC(C)NC(=O)CCN1CC(C(=O)O)CCC1=O. The smallest absolute Gasteiger partial charge is 0.308 e. The molecular formula is C12H20N2O4. The van der Waals surface area contributed by atoms with Gasteiger partial charge < -0.3 is 15.3 Å². The molecule has 0 aromatic heterocycles. The monoisotopic (exact) mass is 256 g/mol. The molecule has 1 unspecified atom stereocenters. The van der Waals surface area contributed by atoms with Crippen molar-refractivity contribution >= 4 is 17.8 Å². The van der Waals surface area contributed by atoms with E-state index < -0.39 is 11.9 Å². The van der Waals surface area contributed by atoms with E-state index in [0.29, 0.717) is 13.0 Å². The Morgan fingerprint density at radius 2 is 2.17 bits per heavy atom. The predicted octanol–water partition coefficient (Wildman–Crippen LogP) is 0.224. The molecule has 0 radical (unpaired) electrons. The quantitative estimate of drug-likeness (QED) is 0.737. The van der Waals surface area contributed by atoms with Crippen LogP contribution >= 0.6 is 0 Å². The van der Waals surface area contributed by atoms with Crippen molar-refractivity contribution in [1.29, 1.82) is 0 Å². The van der Waals surface area contributed by atoms with E-state index in [2.05, 4.69) is 5.32 Å². The van der Waals surface area contributed by atoms with Crippen molar-refractivity contribution in [3.63, 3.8) is 0 Å². The summed E-state index contributed by atoms with van der Waals surface area (Å²) in [5.41, 5.74) is 0. The summed E-state index contributed by atoms with van der Waals surface area (Å²) in [4.78, 5) is 35.4. The molecular weight excluding hydrogens is 236 g/mol. The number of amides is 2. The summed E-state index contributed by atoms with van der Waals surface area (Å²) < 4.78 is 0. The fourth-order valence-electron chi connectivity index (χ4n) is 1.96. The molecule has 0 aliphatic carbocycles. The summed E-state index contributed by atoms with van der Waals surface area (Å²) >= 11 is 0. The van der Waals surface area contributed by atoms with Crippen molar-refractivity contribution < 1.29 is 19.5 Å². The Morgan fingerprint density at radius 1 is 1.50 bits per heavy atom. The maximum absolute atomic E-state index is 11.6. The van der Waals surface area contributed by atoms with E-state index in [9.17, 15) is 14.4 Å². The van der Waals surface area contributed by atoms with E-state index in [0.717, 1.165) is 0 Å². The number of nitrogens with zero attached hydrogens (tertiary/aromatic N) is 1. The van der Waals surface area contributed by atoms with E-state index in [1.54, 1.807) is 0 Å². The van der Waals surface area contributed by atoms with E-state index >= 15 is 0 Å². The number of carboxylic acid groups (broad SMARTS) is 1. The van der Waals surface area contributed by atoms with Crippen LogP contribution in [0.15, 0.2) is 0 Å². The minimum Gasteiger partial charge on any atom is -0.481 e. The Kier molecular flexibility index (Phi) is 5.12. The molecule has 0 aromatic carbocycles. The van der Waals surface area contributed by atoms with Crippen LogP contribution in [0.2, 0.25) is 0 Å². The van der Waals surface area contributed by atoms with Gasteiger partial charge in [-0.05, 0) is 20.3 Å². The van der Waals surface area contributed by atoms with Gasteiger partial charge in [0.1, 0.15) is 0 Å². The van der Waals surface area contributed by atoms with Crippen LogP contribution in [0.3, 0.4) is 0 Å². The first kappa shape index (κ1) is 14.5. The lowest BCUT2D eigenvalue weighted by molar-refractivity contribution is -0.147. The fraction of sp³-hybridized carbons (Fsp3) is 0.750. The minimum atomic E-state index is -0.876. The van der Waals surface area contributed by atoms with Gasteiger partial charge in [0.05, 0.1) is 5.92 Å². The average molecular weight is 256 g/mol. The van der Waals surface area contributed by atoms with Crippen LogP contribution in [0.1, 0.15) is 33.1 Å². The highest BCUT2D eigenvalue weighted by Crippen LogP contribution is 2.17. The van der Waals surface area contributed by atoms with E-state index in [-0.39, 0.29) is 37.2 Å². The summed E-state index contributed by atoms with van der Waals surface area (Å²) in [6.45, 7) is 4.24. The van der Waals surface area contributed by atoms with Gasteiger partial charge in [-0.15, -0.1) is 0 Å². The number of piperidine rings is 1. The topological polar surface area (TPSA) is 86.7 Å². The molecule has 2 N–H and O–H groups in total. The van der Waals surface area contributed by atoms with Gasteiger partial charge in [0.25, 0.3) is 0 Å². The maximum atomic E-state index is 11.6. The zero-order chi connectivity index (χ0) is 13.7. The number of nitrogens with one attached hydrogen (secondary N) is 1. The molecule has 102 valence electrons. The lowest BCUT2D eigenvalue weighted by Gasteiger charge is -2.30. The molecule has 2 amide bonds. The summed E-state index contributed by atoms with van der Waals surface area (Å²) in [6, 6.07) is 0.0707. The highest BCUT2D eigenvalue weighted by atomic mass is 16.4. The fourth-order valence-corrected chi connectivity index (χ4v) is 1.96. The van der Waals surface area contributed by atoms with Crippen LogP contribution in [0, 0.1) is 5.92 Å². The molecule has 1 aliphatic rings. The third-order valence-corrected chi connectivity index (χ3v) is 2.91. The number of aliphatic carboxylic acids is 1.